The Balaban J connectivity index is 2.33. The second-order valence-corrected chi connectivity index (χ2v) is 4.66. The highest BCUT2D eigenvalue weighted by Gasteiger charge is 2.04. The fraction of sp³-hybridized carbons (Fsp3) is 0.111. The lowest BCUT2D eigenvalue weighted by molar-refractivity contribution is 0.745. The number of thiophene rings is 1. The lowest BCUT2D eigenvalue weighted by atomic mass is 10.4. The molecule has 0 aromatic carbocycles. The summed E-state index contributed by atoms with van der Waals surface area (Å²) >= 11 is 13.0. The molecule has 2 rings (SSSR count). The SMILES string of the molecule is O=c1cc(Cl)ncn1Cc1sccc1Cl. The highest BCUT2D eigenvalue weighted by atomic mass is 35.5. The Morgan fingerprint density at radius 1 is 1.47 bits per heavy atom. The molecule has 15 heavy (non-hydrogen) atoms. The van der Waals surface area contributed by atoms with Gasteiger partial charge in [-0.15, -0.1) is 11.3 Å². The van der Waals surface area contributed by atoms with Crippen LogP contribution in [0, 0.1) is 0 Å². The van der Waals surface area contributed by atoms with Gasteiger partial charge in [0.05, 0.1) is 17.9 Å². The Bertz CT molecular complexity index is 535. The smallest absolute Gasteiger partial charge is 0.255 e. The predicted molar refractivity (Wildman–Crippen MR) is 61.9 cm³/mol. The van der Waals surface area contributed by atoms with Crippen molar-refractivity contribution in [3.63, 3.8) is 0 Å². The van der Waals surface area contributed by atoms with Crippen LogP contribution in [0.5, 0.6) is 0 Å². The molecule has 0 amide bonds. The van der Waals surface area contributed by atoms with Crippen molar-refractivity contribution in [3.05, 3.63) is 49.2 Å². The molecular weight excluding hydrogens is 255 g/mol. The fourth-order valence-corrected chi connectivity index (χ4v) is 2.35. The minimum absolute atomic E-state index is 0.181. The first-order valence-corrected chi connectivity index (χ1v) is 5.74. The molecule has 0 aliphatic heterocycles. The van der Waals surface area contributed by atoms with E-state index in [-0.39, 0.29) is 10.7 Å². The first-order valence-electron chi connectivity index (χ1n) is 4.10. The lowest BCUT2D eigenvalue weighted by Gasteiger charge is -2.02. The van der Waals surface area contributed by atoms with E-state index in [9.17, 15) is 4.79 Å². The second kappa shape index (κ2) is 4.35. The molecule has 2 aromatic heterocycles. The quantitative estimate of drug-likeness (QED) is 0.779. The largest absolute Gasteiger partial charge is 0.294 e. The van der Waals surface area contributed by atoms with Gasteiger partial charge >= 0.3 is 0 Å². The van der Waals surface area contributed by atoms with Crippen LogP contribution >= 0.6 is 34.5 Å². The molecule has 6 heteroatoms. The zero-order valence-electron chi connectivity index (χ0n) is 7.48. The van der Waals surface area contributed by atoms with E-state index in [2.05, 4.69) is 4.98 Å². The molecule has 0 atom stereocenters. The number of hydrogen-bond acceptors (Lipinski definition) is 3. The van der Waals surface area contributed by atoms with Gasteiger partial charge in [-0.05, 0) is 11.4 Å². The van der Waals surface area contributed by atoms with E-state index in [0.29, 0.717) is 11.6 Å². The second-order valence-electron chi connectivity index (χ2n) is 2.87. The van der Waals surface area contributed by atoms with Crippen LogP contribution in [0.4, 0.5) is 0 Å². The van der Waals surface area contributed by atoms with E-state index >= 15 is 0 Å². The number of rotatable bonds is 2. The van der Waals surface area contributed by atoms with Crippen molar-refractivity contribution < 1.29 is 0 Å². The maximum atomic E-state index is 11.5. The summed E-state index contributed by atoms with van der Waals surface area (Å²) in [6.45, 7) is 0.430. The van der Waals surface area contributed by atoms with Crippen molar-refractivity contribution in [3.8, 4) is 0 Å². The summed E-state index contributed by atoms with van der Waals surface area (Å²) in [5.41, 5.74) is -0.181. The molecule has 0 fully saturated rings. The van der Waals surface area contributed by atoms with Gasteiger partial charge in [-0.25, -0.2) is 4.98 Å². The van der Waals surface area contributed by atoms with Crippen LogP contribution < -0.4 is 5.56 Å². The van der Waals surface area contributed by atoms with Gasteiger partial charge in [-0.3, -0.25) is 9.36 Å². The third kappa shape index (κ3) is 2.40. The molecule has 0 aliphatic rings. The summed E-state index contributed by atoms with van der Waals surface area (Å²) in [7, 11) is 0. The molecule has 0 saturated carbocycles. The lowest BCUT2D eigenvalue weighted by Crippen LogP contribution is -2.19. The van der Waals surface area contributed by atoms with E-state index in [1.807, 2.05) is 5.38 Å². The Hall–Kier alpha value is -0.840. The van der Waals surface area contributed by atoms with Crippen molar-refractivity contribution in [2.24, 2.45) is 0 Å². The molecule has 0 aliphatic carbocycles. The molecule has 2 heterocycles. The first-order chi connectivity index (χ1) is 7.16. The number of halogens is 2. The van der Waals surface area contributed by atoms with Gasteiger partial charge in [0.2, 0.25) is 0 Å². The summed E-state index contributed by atoms with van der Waals surface area (Å²) in [5.74, 6) is 0. The summed E-state index contributed by atoms with van der Waals surface area (Å²) < 4.78 is 1.46. The van der Waals surface area contributed by atoms with E-state index in [1.165, 1.54) is 28.3 Å². The average Bonchev–Trinajstić information content (AvgIpc) is 2.57. The third-order valence-electron chi connectivity index (χ3n) is 1.85. The standard InChI is InChI=1S/C9H6Cl2N2OS/c10-6-1-2-15-7(6)4-13-5-12-8(11)3-9(13)14/h1-3,5H,4H2. The zero-order chi connectivity index (χ0) is 10.8. The molecule has 2 aromatic rings. The van der Waals surface area contributed by atoms with E-state index in [4.69, 9.17) is 23.2 Å². The van der Waals surface area contributed by atoms with Crippen molar-refractivity contribution >= 4 is 34.5 Å². The van der Waals surface area contributed by atoms with Gasteiger partial charge in [0, 0.05) is 10.9 Å². The van der Waals surface area contributed by atoms with Gasteiger partial charge in [0.15, 0.2) is 0 Å². The summed E-state index contributed by atoms with van der Waals surface area (Å²) in [5, 5.41) is 2.75. The Morgan fingerprint density at radius 2 is 2.27 bits per heavy atom. The topological polar surface area (TPSA) is 34.9 Å². The summed E-state index contributed by atoms with van der Waals surface area (Å²) in [4.78, 5) is 16.3. The monoisotopic (exact) mass is 260 g/mol. The molecule has 78 valence electrons. The highest BCUT2D eigenvalue weighted by molar-refractivity contribution is 7.10. The number of hydrogen-bond donors (Lipinski definition) is 0. The van der Waals surface area contributed by atoms with E-state index < -0.39 is 0 Å². The minimum Gasteiger partial charge on any atom is -0.294 e. The van der Waals surface area contributed by atoms with Crippen molar-refractivity contribution in [2.75, 3.05) is 0 Å². The van der Waals surface area contributed by atoms with Gasteiger partial charge in [0.1, 0.15) is 5.15 Å². The summed E-state index contributed by atoms with van der Waals surface area (Å²) in [6.07, 6.45) is 1.42. The molecule has 0 saturated heterocycles. The van der Waals surface area contributed by atoms with Gasteiger partial charge < -0.3 is 0 Å². The van der Waals surface area contributed by atoms with Crippen molar-refractivity contribution in [2.45, 2.75) is 6.54 Å². The Kier molecular flexibility index (Phi) is 3.09. The molecule has 0 spiro atoms. The zero-order valence-corrected chi connectivity index (χ0v) is 9.81. The molecule has 3 nitrogen and oxygen atoms in total. The van der Waals surface area contributed by atoms with Crippen molar-refractivity contribution in [1.82, 2.24) is 9.55 Å². The van der Waals surface area contributed by atoms with Gasteiger partial charge in [-0.2, -0.15) is 0 Å². The fourth-order valence-electron chi connectivity index (χ4n) is 1.12. The van der Waals surface area contributed by atoms with Crippen LogP contribution in [0.25, 0.3) is 0 Å². The van der Waals surface area contributed by atoms with Crippen LogP contribution in [0.2, 0.25) is 10.2 Å². The Morgan fingerprint density at radius 3 is 2.87 bits per heavy atom. The molecule has 0 radical (unpaired) electrons. The summed E-state index contributed by atoms with van der Waals surface area (Å²) in [6, 6.07) is 3.08. The Labute approximate surface area is 99.9 Å². The van der Waals surface area contributed by atoms with Crippen molar-refractivity contribution in [1.29, 1.82) is 0 Å². The average molecular weight is 261 g/mol. The normalized spacial score (nSPS) is 10.5. The van der Waals surface area contributed by atoms with E-state index in [0.717, 1.165) is 4.88 Å². The first kappa shape index (κ1) is 10.7. The van der Waals surface area contributed by atoms with Crippen LogP contribution in [-0.2, 0) is 6.54 Å². The van der Waals surface area contributed by atoms with Crippen LogP contribution in [-0.4, -0.2) is 9.55 Å². The van der Waals surface area contributed by atoms with E-state index in [1.54, 1.807) is 6.07 Å². The third-order valence-corrected chi connectivity index (χ3v) is 3.43. The van der Waals surface area contributed by atoms with Gasteiger partial charge in [-0.1, -0.05) is 23.2 Å². The molecule has 0 unspecified atom stereocenters. The predicted octanol–water partition coefficient (Wildman–Crippen LogP) is 2.66. The minimum atomic E-state index is -0.181. The number of nitrogens with zero attached hydrogens (tertiary/aromatic N) is 2. The molecular formula is C9H6Cl2N2OS. The molecule has 0 N–H and O–H groups in total. The maximum Gasteiger partial charge on any atom is 0.255 e. The van der Waals surface area contributed by atoms with Crippen LogP contribution in [0.1, 0.15) is 4.88 Å². The van der Waals surface area contributed by atoms with Crippen LogP contribution in [0.3, 0.4) is 0 Å². The maximum absolute atomic E-state index is 11.5. The van der Waals surface area contributed by atoms with Crippen LogP contribution in [0.15, 0.2) is 28.6 Å². The molecule has 0 bridgehead atoms. The van der Waals surface area contributed by atoms with Gasteiger partial charge in [0.25, 0.3) is 5.56 Å². The highest BCUT2D eigenvalue weighted by Crippen LogP contribution is 2.22. The number of aromatic nitrogens is 2.